The summed E-state index contributed by atoms with van der Waals surface area (Å²) in [5.74, 6) is -2.56. The molecule has 0 aromatic heterocycles. The first-order chi connectivity index (χ1) is 15.5. The average molecular weight is 462 g/mol. The SMILES string of the molecule is O=C(O)c1cc(COCCOCCOCO)cc(C(=O)O)c1COCCOCCOCO. The molecule has 0 saturated heterocycles. The van der Waals surface area contributed by atoms with E-state index in [4.69, 9.17) is 38.6 Å². The van der Waals surface area contributed by atoms with Crippen LogP contribution in [-0.4, -0.2) is 98.8 Å². The smallest absolute Gasteiger partial charge is 0.336 e. The van der Waals surface area contributed by atoms with Gasteiger partial charge in [-0.15, -0.1) is 0 Å². The van der Waals surface area contributed by atoms with E-state index in [1.165, 1.54) is 12.1 Å². The first-order valence-corrected chi connectivity index (χ1v) is 9.81. The predicted molar refractivity (Wildman–Crippen MR) is 107 cm³/mol. The zero-order chi connectivity index (χ0) is 23.6. The van der Waals surface area contributed by atoms with Gasteiger partial charge in [-0.3, -0.25) is 0 Å². The Kier molecular flexibility index (Phi) is 15.2. The van der Waals surface area contributed by atoms with Crippen LogP contribution in [-0.2, 0) is 41.6 Å². The monoisotopic (exact) mass is 462 g/mol. The third-order valence-electron chi connectivity index (χ3n) is 3.96. The van der Waals surface area contributed by atoms with Crippen LogP contribution in [0.2, 0.25) is 0 Å². The lowest BCUT2D eigenvalue weighted by atomic mass is 9.98. The second kappa shape index (κ2) is 17.4. The molecule has 1 aromatic rings. The molecule has 0 amide bonds. The summed E-state index contributed by atoms with van der Waals surface area (Å²) in [5.41, 5.74) is 0.0697. The van der Waals surface area contributed by atoms with Crippen molar-refractivity contribution >= 4 is 11.9 Å². The molecule has 0 saturated carbocycles. The van der Waals surface area contributed by atoms with Crippen molar-refractivity contribution in [3.05, 3.63) is 34.4 Å². The Morgan fingerprint density at radius 2 is 0.969 bits per heavy atom. The number of carboxylic acids is 2. The first kappa shape index (κ1) is 27.9. The minimum Gasteiger partial charge on any atom is -0.478 e. The summed E-state index contributed by atoms with van der Waals surface area (Å²) < 4.78 is 30.6. The molecular weight excluding hydrogens is 432 g/mol. The summed E-state index contributed by atoms with van der Waals surface area (Å²) in [7, 11) is 0. The molecular formula is C20H30O12. The van der Waals surface area contributed by atoms with Gasteiger partial charge in [0.1, 0.15) is 13.6 Å². The highest BCUT2D eigenvalue weighted by Crippen LogP contribution is 2.21. The lowest BCUT2D eigenvalue weighted by molar-refractivity contribution is -0.0379. The summed E-state index contributed by atoms with van der Waals surface area (Å²) >= 11 is 0. The number of aliphatic hydroxyl groups excluding tert-OH is 2. The molecule has 12 heteroatoms. The fourth-order valence-corrected chi connectivity index (χ4v) is 2.52. The first-order valence-electron chi connectivity index (χ1n) is 9.81. The Morgan fingerprint density at radius 3 is 1.38 bits per heavy atom. The van der Waals surface area contributed by atoms with Crippen molar-refractivity contribution in [3.8, 4) is 0 Å². The van der Waals surface area contributed by atoms with Crippen molar-refractivity contribution in [1.82, 2.24) is 0 Å². The van der Waals surface area contributed by atoms with Crippen LogP contribution in [0, 0.1) is 0 Å². The minimum atomic E-state index is -1.28. The largest absolute Gasteiger partial charge is 0.478 e. The van der Waals surface area contributed by atoms with Gasteiger partial charge in [-0.1, -0.05) is 0 Å². The number of aromatic carboxylic acids is 2. The van der Waals surface area contributed by atoms with Gasteiger partial charge in [0.25, 0.3) is 0 Å². The van der Waals surface area contributed by atoms with Crippen LogP contribution >= 0.6 is 0 Å². The molecule has 0 radical (unpaired) electrons. The summed E-state index contributed by atoms with van der Waals surface area (Å²) in [6, 6.07) is 2.71. The molecule has 0 fully saturated rings. The van der Waals surface area contributed by atoms with E-state index >= 15 is 0 Å². The molecule has 0 aliphatic rings. The van der Waals surface area contributed by atoms with Gasteiger partial charge < -0.3 is 48.8 Å². The molecule has 32 heavy (non-hydrogen) atoms. The zero-order valence-corrected chi connectivity index (χ0v) is 17.7. The Morgan fingerprint density at radius 1 is 0.594 bits per heavy atom. The van der Waals surface area contributed by atoms with Crippen LogP contribution in [0.25, 0.3) is 0 Å². The van der Waals surface area contributed by atoms with Gasteiger partial charge in [-0.2, -0.15) is 0 Å². The van der Waals surface area contributed by atoms with E-state index in [0.29, 0.717) is 5.56 Å². The number of hydrogen-bond donors (Lipinski definition) is 4. The molecule has 1 aromatic carbocycles. The van der Waals surface area contributed by atoms with Gasteiger partial charge in [0.05, 0.1) is 77.2 Å². The highest BCUT2D eigenvalue weighted by Gasteiger charge is 2.20. The van der Waals surface area contributed by atoms with E-state index in [9.17, 15) is 19.8 Å². The number of ether oxygens (including phenoxy) is 6. The number of rotatable bonds is 20. The van der Waals surface area contributed by atoms with Crippen molar-refractivity contribution in [1.29, 1.82) is 0 Å². The zero-order valence-electron chi connectivity index (χ0n) is 17.7. The van der Waals surface area contributed by atoms with Gasteiger partial charge in [0.15, 0.2) is 0 Å². The molecule has 0 aliphatic carbocycles. The minimum absolute atomic E-state index is 0.00193. The fraction of sp³-hybridized carbons (Fsp3) is 0.600. The van der Waals surface area contributed by atoms with E-state index in [2.05, 4.69) is 0 Å². The van der Waals surface area contributed by atoms with E-state index in [0.717, 1.165) is 0 Å². The highest BCUT2D eigenvalue weighted by atomic mass is 16.6. The maximum atomic E-state index is 11.7. The van der Waals surface area contributed by atoms with Crippen molar-refractivity contribution in [2.24, 2.45) is 0 Å². The average Bonchev–Trinajstić information content (AvgIpc) is 2.77. The molecule has 1 rings (SSSR count). The molecule has 0 atom stereocenters. The van der Waals surface area contributed by atoms with Crippen LogP contribution < -0.4 is 0 Å². The molecule has 4 N–H and O–H groups in total. The predicted octanol–water partition coefficient (Wildman–Crippen LogP) is 0.0822. The Balaban J connectivity index is 2.60. The highest BCUT2D eigenvalue weighted by molar-refractivity contribution is 5.97. The van der Waals surface area contributed by atoms with Gasteiger partial charge in [0, 0.05) is 5.56 Å². The summed E-state index contributed by atoms with van der Waals surface area (Å²) in [6.45, 7) is 0.777. The number of carbonyl (C=O) groups is 2. The lowest BCUT2D eigenvalue weighted by Gasteiger charge is -2.14. The maximum Gasteiger partial charge on any atom is 0.336 e. The standard InChI is InChI=1S/C20H30O12/c21-13-31-7-3-27-1-5-29-11-15-9-16(19(23)24)18(17(10-15)20(25)26)12-30-6-2-28-4-8-32-14-22/h9-10,21-22H,1-8,11-14H2,(H,23,24)(H,25,26). The van der Waals surface area contributed by atoms with Gasteiger partial charge >= 0.3 is 11.9 Å². The molecule has 12 nitrogen and oxygen atoms in total. The number of hydrogen-bond acceptors (Lipinski definition) is 10. The van der Waals surface area contributed by atoms with E-state index < -0.39 is 18.7 Å². The van der Waals surface area contributed by atoms with Crippen LogP contribution in [0.15, 0.2) is 12.1 Å². The van der Waals surface area contributed by atoms with Gasteiger partial charge in [-0.05, 0) is 17.7 Å². The normalized spacial score (nSPS) is 11.1. The third-order valence-corrected chi connectivity index (χ3v) is 3.96. The van der Waals surface area contributed by atoms with Gasteiger partial charge in [-0.25, -0.2) is 9.59 Å². The second-order valence-electron chi connectivity index (χ2n) is 6.18. The van der Waals surface area contributed by atoms with Crippen molar-refractivity contribution in [2.45, 2.75) is 13.2 Å². The molecule has 0 bridgehead atoms. The van der Waals surface area contributed by atoms with Crippen LogP contribution in [0.1, 0.15) is 31.8 Å². The Bertz CT molecular complexity index is 644. The molecule has 182 valence electrons. The summed E-state index contributed by atoms with van der Waals surface area (Å²) in [6.07, 6.45) is 0. The summed E-state index contributed by atoms with van der Waals surface area (Å²) in [5, 5.41) is 36.0. The molecule has 0 spiro atoms. The fourth-order valence-electron chi connectivity index (χ4n) is 2.52. The third kappa shape index (κ3) is 11.5. The quantitative estimate of drug-likeness (QED) is 0.152. The second-order valence-corrected chi connectivity index (χ2v) is 6.18. The van der Waals surface area contributed by atoms with Crippen molar-refractivity contribution in [3.63, 3.8) is 0 Å². The van der Waals surface area contributed by atoms with E-state index in [1.54, 1.807) is 0 Å². The van der Waals surface area contributed by atoms with Crippen LogP contribution in [0.4, 0.5) is 0 Å². The maximum absolute atomic E-state index is 11.7. The number of benzene rings is 1. The lowest BCUT2D eigenvalue weighted by Crippen LogP contribution is -2.15. The van der Waals surface area contributed by atoms with Crippen LogP contribution in [0.3, 0.4) is 0 Å². The molecule has 0 heterocycles. The van der Waals surface area contributed by atoms with Crippen LogP contribution in [0.5, 0.6) is 0 Å². The molecule has 0 unspecified atom stereocenters. The Labute approximate surface area is 185 Å². The summed E-state index contributed by atoms with van der Waals surface area (Å²) in [4.78, 5) is 23.4. The number of aliphatic hydroxyl groups is 2. The van der Waals surface area contributed by atoms with E-state index in [1.807, 2.05) is 0 Å². The van der Waals surface area contributed by atoms with Gasteiger partial charge in [0.2, 0.25) is 0 Å². The van der Waals surface area contributed by atoms with Crippen molar-refractivity contribution in [2.75, 3.05) is 66.4 Å². The van der Waals surface area contributed by atoms with E-state index in [-0.39, 0.29) is 89.6 Å². The Hall–Kier alpha value is -2.16. The molecule has 0 aliphatic heterocycles. The topological polar surface area (TPSA) is 170 Å². The number of carboxylic acid groups (broad SMARTS) is 2. The van der Waals surface area contributed by atoms with Crippen molar-refractivity contribution < 1.29 is 58.4 Å².